The van der Waals surface area contributed by atoms with Crippen LogP contribution in [0.3, 0.4) is 0 Å². The lowest BCUT2D eigenvalue weighted by Crippen LogP contribution is -2.50. The van der Waals surface area contributed by atoms with E-state index in [1.165, 1.54) is 23.8 Å². The number of hydrogen-bond donors (Lipinski definition) is 0. The molecule has 2 fully saturated rings. The number of likely N-dealkylation sites (tertiary alicyclic amines) is 2. The van der Waals surface area contributed by atoms with E-state index in [4.69, 9.17) is 0 Å². The number of amides is 2. The predicted molar refractivity (Wildman–Crippen MR) is 97.9 cm³/mol. The van der Waals surface area contributed by atoms with Crippen molar-refractivity contribution in [2.24, 2.45) is 0 Å². The summed E-state index contributed by atoms with van der Waals surface area (Å²) >= 11 is 0. The Morgan fingerprint density at radius 2 is 1.76 bits per heavy atom. The molecule has 5 nitrogen and oxygen atoms in total. The minimum atomic E-state index is -0.0596. The summed E-state index contributed by atoms with van der Waals surface area (Å²) in [4.78, 5) is 30.2. The van der Waals surface area contributed by atoms with Gasteiger partial charge in [-0.25, -0.2) is 0 Å². The van der Waals surface area contributed by atoms with Crippen LogP contribution in [0.2, 0.25) is 0 Å². The molecule has 0 aliphatic carbocycles. The first-order chi connectivity index (χ1) is 12.1. The maximum atomic E-state index is 12.7. The molecule has 0 saturated carbocycles. The maximum Gasteiger partial charge on any atom is 0.242 e. The molecule has 0 N–H and O–H groups in total. The molecule has 2 atom stereocenters. The molecule has 2 aliphatic rings. The van der Waals surface area contributed by atoms with E-state index in [1.54, 1.807) is 7.05 Å². The predicted octanol–water partition coefficient (Wildman–Crippen LogP) is 2.12. The van der Waals surface area contributed by atoms with Crippen molar-refractivity contribution in [3.8, 4) is 0 Å². The van der Waals surface area contributed by atoms with Crippen molar-refractivity contribution < 1.29 is 9.59 Å². The minimum Gasteiger partial charge on any atom is -0.337 e. The van der Waals surface area contributed by atoms with Crippen LogP contribution in [0.1, 0.15) is 38.2 Å². The fraction of sp³-hybridized carbons (Fsp3) is 0.600. The van der Waals surface area contributed by atoms with Crippen molar-refractivity contribution in [1.82, 2.24) is 14.7 Å². The summed E-state index contributed by atoms with van der Waals surface area (Å²) < 4.78 is 0. The van der Waals surface area contributed by atoms with Crippen molar-refractivity contribution in [3.05, 3.63) is 35.9 Å². The van der Waals surface area contributed by atoms with Crippen molar-refractivity contribution >= 4 is 11.8 Å². The molecule has 2 heterocycles. The zero-order valence-electron chi connectivity index (χ0n) is 15.4. The third kappa shape index (κ3) is 4.21. The zero-order valence-corrected chi connectivity index (χ0v) is 15.4. The van der Waals surface area contributed by atoms with Crippen LogP contribution >= 0.6 is 0 Å². The zero-order chi connectivity index (χ0) is 17.8. The van der Waals surface area contributed by atoms with E-state index >= 15 is 0 Å². The van der Waals surface area contributed by atoms with E-state index in [0.29, 0.717) is 12.1 Å². The van der Waals surface area contributed by atoms with Crippen LogP contribution in [0, 0.1) is 0 Å². The fourth-order valence-corrected chi connectivity index (χ4v) is 4.21. The van der Waals surface area contributed by atoms with Gasteiger partial charge in [0.05, 0.1) is 6.54 Å². The molecule has 0 spiro atoms. The van der Waals surface area contributed by atoms with Gasteiger partial charge in [-0.2, -0.15) is 0 Å². The summed E-state index contributed by atoms with van der Waals surface area (Å²) in [6, 6.07) is 11.3. The van der Waals surface area contributed by atoms with E-state index in [2.05, 4.69) is 29.2 Å². The van der Waals surface area contributed by atoms with Crippen LogP contribution in [-0.4, -0.2) is 65.3 Å². The van der Waals surface area contributed by atoms with Crippen molar-refractivity contribution in [3.63, 3.8) is 0 Å². The van der Waals surface area contributed by atoms with Gasteiger partial charge in [-0.1, -0.05) is 30.3 Å². The maximum absolute atomic E-state index is 12.7. The van der Waals surface area contributed by atoms with E-state index in [9.17, 15) is 9.59 Å². The molecule has 1 aromatic rings. The molecule has 1 aromatic carbocycles. The second-order valence-electron chi connectivity index (χ2n) is 7.34. The Morgan fingerprint density at radius 3 is 2.48 bits per heavy atom. The van der Waals surface area contributed by atoms with Crippen LogP contribution in [0.25, 0.3) is 0 Å². The van der Waals surface area contributed by atoms with Crippen LogP contribution in [-0.2, 0) is 16.1 Å². The average Bonchev–Trinajstić information content (AvgIpc) is 3.24. The van der Waals surface area contributed by atoms with Crippen molar-refractivity contribution in [1.29, 1.82) is 0 Å². The molecule has 2 amide bonds. The second kappa shape index (κ2) is 8.00. The molecule has 0 radical (unpaired) electrons. The van der Waals surface area contributed by atoms with Crippen LogP contribution < -0.4 is 0 Å². The highest BCUT2D eigenvalue weighted by Gasteiger charge is 2.39. The number of likely N-dealkylation sites (N-methyl/N-ethyl adjacent to an activating group) is 1. The number of nitrogens with zero attached hydrogens (tertiary/aromatic N) is 3. The Balaban J connectivity index is 1.66. The van der Waals surface area contributed by atoms with Gasteiger partial charge in [0, 0.05) is 39.1 Å². The Kier molecular flexibility index (Phi) is 5.74. The molecule has 2 aliphatic heterocycles. The van der Waals surface area contributed by atoms with Gasteiger partial charge in [0.2, 0.25) is 11.8 Å². The number of carbonyl (C=O) groups is 2. The largest absolute Gasteiger partial charge is 0.337 e. The van der Waals surface area contributed by atoms with Gasteiger partial charge in [0.25, 0.3) is 0 Å². The first-order valence-corrected chi connectivity index (χ1v) is 9.35. The molecule has 3 rings (SSSR count). The van der Waals surface area contributed by atoms with Gasteiger partial charge in [0.1, 0.15) is 0 Å². The van der Waals surface area contributed by atoms with Gasteiger partial charge in [-0.3, -0.25) is 14.5 Å². The van der Waals surface area contributed by atoms with Crippen molar-refractivity contribution in [2.45, 2.75) is 51.2 Å². The summed E-state index contributed by atoms with van der Waals surface area (Å²) in [5.74, 6) is 0.0300. The van der Waals surface area contributed by atoms with E-state index in [0.717, 1.165) is 38.9 Å². The van der Waals surface area contributed by atoms with E-state index in [-0.39, 0.29) is 18.4 Å². The molecule has 2 saturated heterocycles. The molecule has 136 valence electrons. The number of benzene rings is 1. The molecular formula is C20H29N3O2. The lowest BCUT2D eigenvalue weighted by molar-refractivity contribution is -0.139. The van der Waals surface area contributed by atoms with Gasteiger partial charge >= 0.3 is 0 Å². The topological polar surface area (TPSA) is 43.9 Å². The number of hydrogen-bond acceptors (Lipinski definition) is 3. The Hall–Kier alpha value is -1.88. The SMILES string of the molecule is CC(=O)N(C)CC(=O)N1CCC[C@@H]1[C@@H]1CCCN1Cc1ccccc1. The second-order valence-corrected chi connectivity index (χ2v) is 7.34. The minimum absolute atomic E-state index is 0.0596. The summed E-state index contributed by atoms with van der Waals surface area (Å²) in [7, 11) is 1.70. The van der Waals surface area contributed by atoms with Gasteiger partial charge in [0.15, 0.2) is 0 Å². The van der Waals surface area contributed by atoms with Crippen LogP contribution in [0.4, 0.5) is 0 Å². The highest BCUT2D eigenvalue weighted by Crippen LogP contribution is 2.31. The monoisotopic (exact) mass is 343 g/mol. The summed E-state index contributed by atoms with van der Waals surface area (Å²) in [5.41, 5.74) is 1.33. The van der Waals surface area contributed by atoms with E-state index in [1.807, 2.05) is 11.0 Å². The molecule has 25 heavy (non-hydrogen) atoms. The van der Waals surface area contributed by atoms with Gasteiger partial charge in [-0.15, -0.1) is 0 Å². The number of rotatable bonds is 5. The molecule has 0 aromatic heterocycles. The fourth-order valence-electron chi connectivity index (χ4n) is 4.21. The normalized spacial score (nSPS) is 23.8. The summed E-state index contributed by atoms with van der Waals surface area (Å²) in [5, 5.41) is 0. The Bertz CT molecular complexity index is 604. The number of carbonyl (C=O) groups excluding carboxylic acids is 2. The molecule has 0 unspecified atom stereocenters. The first kappa shape index (κ1) is 17.9. The Morgan fingerprint density at radius 1 is 1.08 bits per heavy atom. The highest BCUT2D eigenvalue weighted by molar-refractivity contribution is 5.84. The van der Waals surface area contributed by atoms with Crippen molar-refractivity contribution in [2.75, 3.05) is 26.7 Å². The third-order valence-electron chi connectivity index (χ3n) is 5.62. The summed E-state index contributed by atoms with van der Waals surface area (Å²) in [6.45, 7) is 4.58. The molecule has 0 bridgehead atoms. The van der Waals surface area contributed by atoms with Gasteiger partial charge < -0.3 is 9.80 Å². The van der Waals surface area contributed by atoms with Gasteiger partial charge in [-0.05, 0) is 37.8 Å². The first-order valence-electron chi connectivity index (χ1n) is 9.35. The third-order valence-corrected chi connectivity index (χ3v) is 5.62. The molecule has 5 heteroatoms. The summed E-state index contributed by atoms with van der Waals surface area (Å²) in [6.07, 6.45) is 4.49. The molecular weight excluding hydrogens is 314 g/mol. The quantitative estimate of drug-likeness (QED) is 0.823. The standard InChI is InChI=1S/C20H29N3O2/c1-16(24)21(2)15-20(25)23-13-7-11-19(23)18-10-6-12-22(18)14-17-8-4-3-5-9-17/h3-5,8-9,18-19H,6-7,10-15H2,1-2H3/t18-,19+/m0/s1. The smallest absolute Gasteiger partial charge is 0.242 e. The average molecular weight is 343 g/mol. The van der Waals surface area contributed by atoms with E-state index < -0.39 is 0 Å². The highest BCUT2D eigenvalue weighted by atomic mass is 16.2. The Labute approximate surface area is 150 Å². The van der Waals surface area contributed by atoms with Crippen LogP contribution in [0.15, 0.2) is 30.3 Å². The van der Waals surface area contributed by atoms with Crippen LogP contribution in [0.5, 0.6) is 0 Å². The lowest BCUT2D eigenvalue weighted by atomic mass is 10.0. The lowest BCUT2D eigenvalue weighted by Gasteiger charge is -2.35.